The normalized spacial score (nSPS) is 11.5. The number of para-hydroxylation sites is 2. The molecule has 3 aromatic heterocycles. The third-order valence-corrected chi connectivity index (χ3v) is 10.5. The number of nitrogens with zero attached hydrogens (tertiary/aromatic N) is 4. The van der Waals surface area contributed by atoms with Crippen LogP contribution in [0.15, 0.2) is 203 Å². The van der Waals surface area contributed by atoms with Crippen molar-refractivity contribution in [3.63, 3.8) is 0 Å². The Hall–Kier alpha value is -7.83. The van der Waals surface area contributed by atoms with Crippen LogP contribution in [-0.4, -0.2) is 15.0 Å². The van der Waals surface area contributed by atoms with E-state index in [2.05, 4.69) is 108 Å². The third-order valence-electron chi connectivity index (χ3n) is 10.5. The van der Waals surface area contributed by atoms with Crippen LogP contribution in [0.4, 0.5) is 17.1 Å². The summed E-state index contributed by atoms with van der Waals surface area (Å²) in [6.07, 6.45) is 0. The summed E-state index contributed by atoms with van der Waals surface area (Å²) in [6.45, 7) is 0. The molecule has 0 fully saturated rings. The third kappa shape index (κ3) is 5.79. The molecule has 11 aromatic rings. The van der Waals surface area contributed by atoms with Crippen molar-refractivity contribution in [2.75, 3.05) is 4.90 Å². The molecule has 0 saturated heterocycles. The number of rotatable bonds is 7. The Bertz CT molecular complexity index is 3170. The van der Waals surface area contributed by atoms with Crippen molar-refractivity contribution in [2.45, 2.75) is 0 Å². The Morgan fingerprint density at radius 3 is 1.44 bits per heavy atom. The van der Waals surface area contributed by atoms with Crippen LogP contribution in [0.5, 0.6) is 0 Å². The first-order valence-electron chi connectivity index (χ1n) is 18.9. The van der Waals surface area contributed by atoms with Gasteiger partial charge in [0.15, 0.2) is 17.5 Å². The van der Waals surface area contributed by atoms with Crippen LogP contribution in [-0.2, 0) is 0 Å². The molecule has 0 bridgehead atoms. The van der Waals surface area contributed by atoms with Gasteiger partial charge < -0.3 is 13.7 Å². The van der Waals surface area contributed by atoms with E-state index in [1.54, 1.807) is 0 Å². The minimum atomic E-state index is 0.543. The van der Waals surface area contributed by atoms with E-state index in [4.69, 9.17) is 23.8 Å². The van der Waals surface area contributed by atoms with E-state index in [0.29, 0.717) is 17.5 Å². The predicted molar refractivity (Wildman–Crippen MR) is 231 cm³/mol. The number of hydrogen-bond acceptors (Lipinski definition) is 6. The minimum absolute atomic E-state index is 0.543. The quantitative estimate of drug-likeness (QED) is 0.162. The zero-order valence-electron chi connectivity index (χ0n) is 30.6. The monoisotopic (exact) mass is 732 g/mol. The molecule has 8 aromatic carbocycles. The predicted octanol–water partition coefficient (Wildman–Crippen LogP) is 13.8. The molecule has 0 N–H and O–H groups in total. The Balaban J connectivity index is 1.19. The smallest absolute Gasteiger partial charge is 0.164 e. The molecule has 57 heavy (non-hydrogen) atoms. The topological polar surface area (TPSA) is 68.2 Å². The first-order valence-corrected chi connectivity index (χ1v) is 18.9. The van der Waals surface area contributed by atoms with E-state index in [9.17, 15) is 0 Å². The maximum atomic E-state index is 6.69. The minimum Gasteiger partial charge on any atom is -0.456 e. The summed E-state index contributed by atoms with van der Waals surface area (Å²) in [4.78, 5) is 17.5. The zero-order chi connectivity index (χ0) is 37.7. The van der Waals surface area contributed by atoms with Gasteiger partial charge in [-0.3, -0.25) is 0 Å². The van der Waals surface area contributed by atoms with Gasteiger partial charge in [-0.2, -0.15) is 0 Å². The highest BCUT2D eigenvalue weighted by Crippen LogP contribution is 2.46. The van der Waals surface area contributed by atoms with Crippen LogP contribution in [0.25, 0.3) is 89.2 Å². The van der Waals surface area contributed by atoms with Crippen LogP contribution in [0.1, 0.15) is 0 Å². The lowest BCUT2D eigenvalue weighted by Gasteiger charge is -2.27. The molecule has 0 aliphatic heterocycles. The van der Waals surface area contributed by atoms with Crippen molar-refractivity contribution < 1.29 is 8.83 Å². The van der Waals surface area contributed by atoms with E-state index >= 15 is 0 Å². The molecule has 268 valence electrons. The van der Waals surface area contributed by atoms with E-state index in [1.165, 1.54) is 0 Å². The van der Waals surface area contributed by atoms with E-state index in [0.717, 1.165) is 88.8 Å². The lowest BCUT2D eigenvalue weighted by Crippen LogP contribution is -2.11. The van der Waals surface area contributed by atoms with Gasteiger partial charge >= 0.3 is 0 Å². The van der Waals surface area contributed by atoms with Crippen LogP contribution in [0.3, 0.4) is 0 Å². The zero-order valence-corrected chi connectivity index (χ0v) is 30.6. The van der Waals surface area contributed by atoms with Crippen molar-refractivity contribution >= 4 is 60.9 Å². The lowest BCUT2D eigenvalue weighted by molar-refractivity contribution is 0.668. The standard InChI is InChI=1S/C51H32N4O2/c1-4-14-33(15-5-1)34-24-26-38(27-25-34)55(39-28-29-46-42(32-39)40-20-10-12-22-44(40)56-46)43-30-37(31-47-48(43)41-21-11-13-23-45(41)57-47)51-53-49(35-16-6-2-7-17-35)52-50(54-51)36-18-8-3-9-19-36/h1-32H. The first-order chi connectivity index (χ1) is 28.2. The Morgan fingerprint density at radius 2 is 0.789 bits per heavy atom. The lowest BCUT2D eigenvalue weighted by atomic mass is 10.0. The maximum Gasteiger partial charge on any atom is 0.164 e. The van der Waals surface area contributed by atoms with E-state index in [1.807, 2.05) is 91.0 Å². The average Bonchev–Trinajstić information content (AvgIpc) is 3.86. The number of aromatic nitrogens is 3. The molecular weight excluding hydrogens is 701 g/mol. The van der Waals surface area contributed by atoms with Gasteiger partial charge in [0.05, 0.1) is 11.1 Å². The highest BCUT2D eigenvalue weighted by Gasteiger charge is 2.24. The van der Waals surface area contributed by atoms with Crippen molar-refractivity contribution in [3.05, 3.63) is 194 Å². The number of benzene rings is 8. The SMILES string of the molecule is c1ccc(-c2ccc(N(c3ccc4oc5ccccc5c4c3)c3cc(-c4nc(-c5ccccc5)nc(-c5ccccc5)n4)cc4oc5ccccc5c34)cc2)cc1. The molecule has 0 atom stereocenters. The van der Waals surface area contributed by atoms with Gasteiger partial charge in [-0.05, 0) is 65.7 Å². The van der Waals surface area contributed by atoms with Gasteiger partial charge in [-0.15, -0.1) is 0 Å². The Labute approximate surface area is 328 Å². The van der Waals surface area contributed by atoms with Crippen LogP contribution >= 0.6 is 0 Å². The molecule has 6 nitrogen and oxygen atoms in total. The molecule has 0 aliphatic rings. The van der Waals surface area contributed by atoms with Crippen molar-refractivity contribution in [2.24, 2.45) is 0 Å². The summed E-state index contributed by atoms with van der Waals surface area (Å²) in [7, 11) is 0. The Morgan fingerprint density at radius 1 is 0.316 bits per heavy atom. The number of furan rings is 2. The molecular formula is C51H32N4O2. The fourth-order valence-corrected chi connectivity index (χ4v) is 7.79. The van der Waals surface area contributed by atoms with Gasteiger partial charge in [-0.1, -0.05) is 140 Å². The second-order valence-corrected chi connectivity index (χ2v) is 14.0. The van der Waals surface area contributed by atoms with E-state index < -0.39 is 0 Å². The molecule has 0 unspecified atom stereocenters. The summed E-state index contributed by atoms with van der Waals surface area (Å²) in [5.41, 5.74) is 11.0. The van der Waals surface area contributed by atoms with Crippen LogP contribution < -0.4 is 4.90 Å². The summed E-state index contributed by atoms with van der Waals surface area (Å²) < 4.78 is 13.0. The second kappa shape index (κ2) is 13.5. The maximum absolute atomic E-state index is 6.69. The highest BCUT2D eigenvalue weighted by molar-refractivity contribution is 6.15. The Kier molecular flexibility index (Phi) is 7.71. The average molecular weight is 733 g/mol. The van der Waals surface area contributed by atoms with Gasteiger partial charge in [0.1, 0.15) is 22.3 Å². The molecule has 0 radical (unpaired) electrons. The number of fused-ring (bicyclic) bond motifs is 6. The van der Waals surface area contributed by atoms with Crippen molar-refractivity contribution in [1.29, 1.82) is 0 Å². The highest BCUT2D eigenvalue weighted by atomic mass is 16.3. The molecule has 11 rings (SSSR count). The van der Waals surface area contributed by atoms with Crippen molar-refractivity contribution in [3.8, 4) is 45.3 Å². The molecule has 0 saturated carbocycles. The van der Waals surface area contributed by atoms with Crippen molar-refractivity contribution in [1.82, 2.24) is 15.0 Å². The molecule has 0 amide bonds. The van der Waals surface area contributed by atoms with E-state index in [-0.39, 0.29) is 0 Å². The van der Waals surface area contributed by atoms with Crippen LogP contribution in [0, 0.1) is 0 Å². The molecule has 3 heterocycles. The summed E-state index contributed by atoms with van der Waals surface area (Å²) >= 11 is 0. The van der Waals surface area contributed by atoms with Crippen LogP contribution in [0.2, 0.25) is 0 Å². The van der Waals surface area contributed by atoms with Gasteiger partial charge in [-0.25, -0.2) is 15.0 Å². The van der Waals surface area contributed by atoms with Gasteiger partial charge in [0.2, 0.25) is 0 Å². The molecule has 0 spiro atoms. The second-order valence-electron chi connectivity index (χ2n) is 14.0. The summed E-state index contributed by atoms with van der Waals surface area (Å²) in [5, 5.41) is 4.10. The number of anilines is 3. The molecule has 0 aliphatic carbocycles. The fraction of sp³-hybridized carbons (Fsp3) is 0. The summed E-state index contributed by atoms with van der Waals surface area (Å²) in [6, 6.07) is 66.3. The van der Waals surface area contributed by atoms with Gasteiger partial charge in [0.25, 0.3) is 0 Å². The number of hydrogen-bond donors (Lipinski definition) is 0. The molecule has 6 heteroatoms. The largest absolute Gasteiger partial charge is 0.456 e. The first kappa shape index (κ1) is 32.6. The summed E-state index contributed by atoms with van der Waals surface area (Å²) in [5.74, 6) is 1.73. The fourth-order valence-electron chi connectivity index (χ4n) is 7.79. The van der Waals surface area contributed by atoms with Gasteiger partial charge in [0, 0.05) is 44.2 Å².